The van der Waals surface area contributed by atoms with E-state index in [4.69, 9.17) is 19.7 Å². The molecule has 0 radical (unpaired) electrons. The fourth-order valence-corrected chi connectivity index (χ4v) is 2.53. The zero-order valence-corrected chi connectivity index (χ0v) is 15.6. The third kappa shape index (κ3) is 5.29. The topological polar surface area (TPSA) is 106 Å². The lowest BCUT2D eigenvalue weighted by molar-refractivity contribution is 0.0526. The fraction of sp³-hybridized carbons (Fsp3) is 0.316. The van der Waals surface area contributed by atoms with Crippen molar-refractivity contribution in [3.05, 3.63) is 58.0 Å². The maximum atomic E-state index is 11.8. The monoisotopic (exact) mass is 370 g/mol. The molecule has 142 valence electrons. The number of benzene rings is 2. The van der Waals surface area contributed by atoms with E-state index in [1.54, 1.807) is 33.3 Å². The summed E-state index contributed by atoms with van der Waals surface area (Å²) in [5.74, 6) is 0.890. The van der Waals surface area contributed by atoms with Gasteiger partial charge in [-0.15, -0.1) is 0 Å². The molecule has 0 aliphatic heterocycles. The molecule has 8 heteroatoms. The first kappa shape index (κ1) is 19.9. The van der Waals surface area contributed by atoms with Gasteiger partial charge in [0, 0.05) is 17.1 Å². The Hall–Kier alpha value is -3.38. The van der Waals surface area contributed by atoms with Gasteiger partial charge in [-0.25, -0.2) is 4.79 Å². The van der Waals surface area contributed by atoms with Crippen LogP contribution in [0.25, 0.3) is 10.4 Å². The van der Waals surface area contributed by atoms with Crippen LogP contribution in [0.1, 0.15) is 22.8 Å². The van der Waals surface area contributed by atoms with E-state index in [0.717, 1.165) is 12.0 Å². The first-order chi connectivity index (χ1) is 13.1. The lowest BCUT2D eigenvalue weighted by Crippen LogP contribution is -2.07. The maximum absolute atomic E-state index is 11.8. The largest absolute Gasteiger partial charge is 0.493 e. The molecule has 0 spiro atoms. The van der Waals surface area contributed by atoms with Crippen LogP contribution in [-0.4, -0.2) is 33.3 Å². The molecular formula is C19H22N4O4. The summed E-state index contributed by atoms with van der Waals surface area (Å²) in [7, 11) is 3.19. The number of nitrogens with zero attached hydrogens (tertiary/aromatic N) is 3. The Morgan fingerprint density at radius 2 is 1.93 bits per heavy atom. The molecule has 8 nitrogen and oxygen atoms in total. The Labute approximate surface area is 157 Å². The molecule has 0 saturated heterocycles. The normalized spacial score (nSPS) is 9.89. The van der Waals surface area contributed by atoms with Gasteiger partial charge in [0.05, 0.1) is 32.1 Å². The third-order valence-corrected chi connectivity index (χ3v) is 3.84. The van der Waals surface area contributed by atoms with Crippen LogP contribution in [0.5, 0.6) is 11.5 Å². The highest BCUT2D eigenvalue weighted by molar-refractivity contribution is 5.91. The number of carbonyl (C=O) groups excluding carboxylic acids is 1. The molecule has 0 aromatic heterocycles. The number of anilines is 1. The van der Waals surface area contributed by atoms with Crippen LogP contribution in [0.3, 0.4) is 0 Å². The highest BCUT2D eigenvalue weighted by Gasteiger charge is 2.10. The van der Waals surface area contributed by atoms with E-state index in [0.29, 0.717) is 35.0 Å². The maximum Gasteiger partial charge on any atom is 0.338 e. The second-order valence-electron chi connectivity index (χ2n) is 5.51. The van der Waals surface area contributed by atoms with Gasteiger partial charge >= 0.3 is 5.97 Å². The van der Waals surface area contributed by atoms with Gasteiger partial charge in [-0.1, -0.05) is 11.2 Å². The van der Waals surface area contributed by atoms with Crippen molar-refractivity contribution in [3.8, 4) is 11.5 Å². The van der Waals surface area contributed by atoms with Crippen molar-refractivity contribution in [2.45, 2.75) is 13.3 Å². The predicted molar refractivity (Wildman–Crippen MR) is 103 cm³/mol. The summed E-state index contributed by atoms with van der Waals surface area (Å²) in [6, 6.07) is 10.6. The lowest BCUT2D eigenvalue weighted by atomic mass is 10.1. The van der Waals surface area contributed by atoms with Crippen molar-refractivity contribution in [2.75, 3.05) is 32.7 Å². The molecule has 2 aromatic carbocycles. The van der Waals surface area contributed by atoms with Gasteiger partial charge in [-0.2, -0.15) is 0 Å². The van der Waals surface area contributed by atoms with Crippen molar-refractivity contribution in [1.29, 1.82) is 0 Å². The van der Waals surface area contributed by atoms with Gasteiger partial charge in [-0.3, -0.25) is 0 Å². The average Bonchev–Trinajstić information content (AvgIpc) is 2.69. The van der Waals surface area contributed by atoms with E-state index in [1.807, 2.05) is 18.2 Å². The molecule has 0 aliphatic rings. The zero-order valence-electron chi connectivity index (χ0n) is 15.6. The molecule has 0 heterocycles. The van der Waals surface area contributed by atoms with Crippen molar-refractivity contribution in [2.24, 2.45) is 5.11 Å². The van der Waals surface area contributed by atoms with Crippen LogP contribution in [0.2, 0.25) is 0 Å². The fourth-order valence-electron chi connectivity index (χ4n) is 2.53. The van der Waals surface area contributed by atoms with E-state index in [1.165, 1.54) is 6.07 Å². The number of ether oxygens (including phenoxy) is 3. The molecule has 27 heavy (non-hydrogen) atoms. The third-order valence-electron chi connectivity index (χ3n) is 3.84. The molecule has 0 fully saturated rings. The van der Waals surface area contributed by atoms with E-state index in [2.05, 4.69) is 15.3 Å². The summed E-state index contributed by atoms with van der Waals surface area (Å²) in [5, 5.41) is 6.88. The SMILES string of the molecule is CCOC(=O)c1ccc(NCCc2ccc(OC)c(OC)c2)c(N=[N+]=[N-])c1. The summed E-state index contributed by atoms with van der Waals surface area (Å²) in [4.78, 5) is 14.6. The van der Waals surface area contributed by atoms with Crippen molar-refractivity contribution >= 4 is 17.3 Å². The van der Waals surface area contributed by atoms with Gasteiger partial charge in [0.15, 0.2) is 11.5 Å². The van der Waals surface area contributed by atoms with Gasteiger partial charge < -0.3 is 19.5 Å². The summed E-state index contributed by atoms with van der Waals surface area (Å²) < 4.78 is 15.5. The number of methoxy groups -OCH3 is 2. The predicted octanol–water partition coefficient (Wildman–Crippen LogP) is 4.48. The van der Waals surface area contributed by atoms with Gasteiger partial charge in [-0.05, 0) is 54.8 Å². The quantitative estimate of drug-likeness (QED) is 0.303. The number of hydrogen-bond donors (Lipinski definition) is 1. The highest BCUT2D eigenvalue weighted by atomic mass is 16.5. The summed E-state index contributed by atoms with van der Waals surface area (Å²) in [6.45, 7) is 2.61. The number of carbonyl (C=O) groups is 1. The van der Waals surface area contributed by atoms with Gasteiger partial charge in [0.2, 0.25) is 0 Å². The standard InChI is InChI=1S/C19H22N4O4/c1-4-27-19(24)14-6-7-15(16(12-14)22-23-20)21-10-9-13-5-8-17(25-2)18(11-13)26-3/h5-8,11-12,21H,4,9-10H2,1-3H3. The minimum absolute atomic E-state index is 0.279. The molecule has 0 saturated carbocycles. The second-order valence-corrected chi connectivity index (χ2v) is 5.51. The van der Waals surface area contributed by atoms with Crippen LogP contribution in [0.4, 0.5) is 11.4 Å². The van der Waals surface area contributed by atoms with Crippen LogP contribution < -0.4 is 14.8 Å². The minimum Gasteiger partial charge on any atom is -0.493 e. The van der Waals surface area contributed by atoms with Crippen LogP contribution in [-0.2, 0) is 11.2 Å². The molecule has 0 aliphatic carbocycles. The number of hydrogen-bond acceptors (Lipinski definition) is 6. The smallest absolute Gasteiger partial charge is 0.338 e. The van der Waals surface area contributed by atoms with Crippen molar-refractivity contribution in [3.63, 3.8) is 0 Å². The molecule has 1 N–H and O–H groups in total. The lowest BCUT2D eigenvalue weighted by Gasteiger charge is -2.12. The van der Waals surface area contributed by atoms with E-state index in [-0.39, 0.29) is 6.61 Å². The molecule has 0 atom stereocenters. The Morgan fingerprint density at radius 3 is 2.59 bits per heavy atom. The number of esters is 1. The molecule has 0 unspecified atom stereocenters. The molecule has 2 aromatic rings. The molecule has 2 rings (SSSR count). The number of rotatable bonds is 9. The van der Waals surface area contributed by atoms with Crippen LogP contribution in [0.15, 0.2) is 41.5 Å². The van der Waals surface area contributed by atoms with E-state index < -0.39 is 5.97 Å². The second kappa shape index (κ2) is 9.94. The average molecular weight is 370 g/mol. The Bertz CT molecular complexity index is 848. The zero-order chi connectivity index (χ0) is 19.6. The Morgan fingerprint density at radius 1 is 1.15 bits per heavy atom. The molecular weight excluding hydrogens is 348 g/mol. The van der Waals surface area contributed by atoms with Crippen LogP contribution in [0, 0.1) is 0 Å². The number of azide groups is 1. The van der Waals surface area contributed by atoms with Gasteiger partial charge in [0.25, 0.3) is 0 Å². The van der Waals surface area contributed by atoms with Crippen molar-refractivity contribution in [1.82, 2.24) is 0 Å². The first-order valence-corrected chi connectivity index (χ1v) is 8.44. The minimum atomic E-state index is -0.455. The van der Waals surface area contributed by atoms with Crippen LogP contribution >= 0.6 is 0 Å². The highest BCUT2D eigenvalue weighted by Crippen LogP contribution is 2.29. The Kier molecular flexibility index (Phi) is 7.34. The van der Waals surface area contributed by atoms with Gasteiger partial charge in [0.1, 0.15) is 0 Å². The first-order valence-electron chi connectivity index (χ1n) is 8.44. The number of nitrogens with one attached hydrogen (secondary N) is 1. The summed E-state index contributed by atoms with van der Waals surface area (Å²) >= 11 is 0. The Balaban J connectivity index is 2.08. The van der Waals surface area contributed by atoms with Crippen molar-refractivity contribution < 1.29 is 19.0 Å². The molecule has 0 amide bonds. The summed E-state index contributed by atoms with van der Waals surface area (Å²) in [5.41, 5.74) is 11.2. The van der Waals surface area contributed by atoms with E-state index in [9.17, 15) is 4.79 Å². The van der Waals surface area contributed by atoms with E-state index >= 15 is 0 Å². The molecule has 0 bridgehead atoms. The summed E-state index contributed by atoms with van der Waals surface area (Å²) in [6.07, 6.45) is 0.718.